The van der Waals surface area contributed by atoms with E-state index in [0.29, 0.717) is 24.1 Å². The zero-order valence-corrected chi connectivity index (χ0v) is 16.2. The molecule has 150 valence electrons. The summed E-state index contributed by atoms with van der Waals surface area (Å²) in [6, 6.07) is 21.4. The van der Waals surface area contributed by atoms with E-state index in [4.69, 9.17) is 0 Å². The molecule has 0 saturated carbocycles. The van der Waals surface area contributed by atoms with Gasteiger partial charge < -0.3 is 10.0 Å². The molecule has 1 fully saturated rings. The van der Waals surface area contributed by atoms with Crippen LogP contribution in [0.15, 0.2) is 77.7 Å². The number of carboxylic acid groups (broad SMARTS) is 1. The molecule has 0 bridgehead atoms. The molecule has 1 atom stereocenters. The van der Waals surface area contributed by atoms with Crippen LogP contribution in [0.1, 0.15) is 12.5 Å². The minimum Gasteiger partial charge on any atom is -0.465 e. The Balaban J connectivity index is 1.60. The van der Waals surface area contributed by atoms with Gasteiger partial charge in [0.05, 0.1) is 17.2 Å². The lowest BCUT2D eigenvalue weighted by atomic mass is 10.1. The maximum atomic E-state index is 13.4. The van der Waals surface area contributed by atoms with Crippen molar-refractivity contribution in [3.05, 3.63) is 83.4 Å². The van der Waals surface area contributed by atoms with Crippen LogP contribution in [0.4, 0.5) is 4.79 Å². The topological polar surface area (TPSA) is 80.4 Å². The normalized spacial score (nSPS) is 16.3. The number of nitrogens with zero attached hydrogens (tertiary/aromatic N) is 4. The number of benzene rings is 2. The average molecular weight is 400 g/mol. The number of aromatic nitrogens is 3. The van der Waals surface area contributed by atoms with Gasteiger partial charge in [-0.2, -0.15) is 0 Å². The van der Waals surface area contributed by atoms with Gasteiger partial charge in [-0.15, -0.1) is 0 Å². The lowest BCUT2D eigenvalue weighted by molar-refractivity contribution is 0.154. The van der Waals surface area contributed by atoms with E-state index in [2.05, 4.69) is 4.98 Å². The first-order chi connectivity index (χ1) is 14.6. The number of imidazole rings is 1. The summed E-state index contributed by atoms with van der Waals surface area (Å²) in [5.74, 6) is 0. The molecule has 0 radical (unpaired) electrons. The molecule has 2 aromatic heterocycles. The Morgan fingerprint density at radius 1 is 0.967 bits per heavy atom. The lowest BCUT2D eigenvalue weighted by Gasteiger charge is -2.13. The van der Waals surface area contributed by atoms with E-state index in [1.54, 1.807) is 21.4 Å². The number of hydrogen-bond acceptors (Lipinski definition) is 3. The van der Waals surface area contributed by atoms with Gasteiger partial charge in [-0.1, -0.05) is 42.5 Å². The first kappa shape index (κ1) is 18.2. The molecule has 1 aliphatic heterocycles. The van der Waals surface area contributed by atoms with Gasteiger partial charge >= 0.3 is 11.8 Å². The molecule has 4 aromatic rings. The Labute approximate surface area is 172 Å². The van der Waals surface area contributed by atoms with Gasteiger partial charge in [-0.3, -0.25) is 9.13 Å². The number of amides is 1. The minimum absolute atomic E-state index is 0.201. The number of fused-ring (bicyclic) bond motifs is 1. The van der Waals surface area contributed by atoms with Crippen molar-refractivity contribution in [3.63, 3.8) is 0 Å². The molecule has 0 aliphatic carbocycles. The Hall–Kier alpha value is -3.87. The lowest BCUT2D eigenvalue weighted by Crippen LogP contribution is -2.31. The van der Waals surface area contributed by atoms with E-state index in [-0.39, 0.29) is 18.3 Å². The van der Waals surface area contributed by atoms with Gasteiger partial charge in [-0.25, -0.2) is 14.6 Å². The molecule has 1 amide bonds. The van der Waals surface area contributed by atoms with Crippen LogP contribution in [0.3, 0.4) is 0 Å². The van der Waals surface area contributed by atoms with Crippen LogP contribution in [0.25, 0.3) is 28.0 Å². The zero-order valence-electron chi connectivity index (χ0n) is 16.2. The first-order valence-corrected chi connectivity index (χ1v) is 9.85. The van der Waals surface area contributed by atoms with Crippen LogP contribution in [-0.2, 0) is 0 Å². The van der Waals surface area contributed by atoms with Crippen LogP contribution in [0, 0.1) is 0 Å². The van der Waals surface area contributed by atoms with E-state index < -0.39 is 6.09 Å². The second kappa shape index (κ2) is 7.18. The molecule has 5 rings (SSSR count). The van der Waals surface area contributed by atoms with Crippen molar-refractivity contribution in [3.8, 4) is 16.8 Å². The van der Waals surface area contributed by atoms with Crippen molar-refractivity contribution >= 4 is 17.3 Å². The van der Waals surface area contributed by atoms with Gasteiger partial charge in [0.1, 0.15) is 0 Å². The maximum absolute atomic E-state index is 13.4. The van der Waals surface area contributed by atoms with Crippen LogP contribution in [-0.4, -0.2) is 43.3 Å². The predicted molar refractivity (Wildman–Crippen MR) is 114 cm³/mol. The Kier molecular flexibility index (Phi) is 4.35. The van der Waals surface area contributed by atoms with Crippen molar-refractivity contribution in [2.45, 2.75) is 12.5 Å². The van der Waals surface area contributed by atoms with E-state index in [9.17, 15) is 14.7 Å². The monoisotopic (exact) mass is 400 g/mol. The smallest absolute Gasteiger partial charge is 0.407 e. The SMILES string of the molecule is O=C(O)N1CC[C@@H](n2c(=O)n(-c3ccc(-c4ccccc4)cc3)c3cccnc32)C1. The molecule has 1 saturated heterocycles. The molecular formula is C23H20N4O3. The number of carbonyl (C=O) groups is 1. The average Bonchev–Trinajstić information content (AvgIpc) is 3.37. The standard InChI is InChI=1S/C23H20N4O3/c28-22-26(18-10-8-17(9-11-18)16-5-2-1-3-6-16)20-7-4-13-24-21(20)27(22)19-12-14-25(15-19)23(29)30/h1-11,13,19H,12,14-15H2,(H,29,30)/t19-/m1/s1. The summed E-state index contributed by atoms with van der Waals surface area (Å²) >= 11 is 0. The van der Waals surface area contributed by atoms with Crippen molar-refractivity contribution in [1.82, 2.24) is 19.0 Å². The van der Waals surface area contributed by atoms with Crippen LogP contribution in [0.2, 0.25) is 0 Å². The third kappa shape index (κ3) is 2.95. The van der Waals surface area contributed by atoms with Crippen molar-refractivity contribution in [2.24, 2.45) is 0 Å². The largest absolute Gasteiger partial charge is 0.465 e. The van der Waals surface area contributed by atoms with E-state index >= 15 is 0 Å². The van der Waals surface area contributed by atoms with Gasteiger partial charge in [-0.05, 0) is 41.8 Å². The molecule has 0 spiro atoms. The molecule has 1 aliphatic rings. The summed E-state index contributed by atoms with van der Waals surface area (Å²) in [6.07, 6.45) is 1.29. The fourth-order valence-electron chi connectivity index (χ4n) is 4.19. The van der Waals surface area contributed by atoms with Crippen LogP contribution in [0.5, 0.6) is 0 Å². The van der Waals surface area contributed by atoms with E-state index in [1.165, 1.54) is 4.90 Å². The van der Waals surface area contributed by atoms with Gasteiger partial charge in [0.15, 0.2) is 5.65 Å². The minimum atomic E-state index is -0.959. The fourth-order valence-corrected chi connectivity index (χ4v) is 4.19. The summed E-state index contributed by atoms with van der Waals surface area (Å²) in [7, 11) is 0. The van der Waals surface area contributed by atoms with Crippen LogP contribution >= 0.6 is 0 Å². The second-order valence-electron chi connectivity index (χ2n) is 7.42. The summed E-state index contributed by atoms with van der Waals surface area (Å²) < 4.78 is 3.30. The predicted octanol–water partition coefficient (Wildman–Crippen LogP) is 3.78. The Morgan fingerprint density at radius 2 is 1.70 bits per heavy atom. The zero-order chi connectivity index (χ0) is 20.7. The molecule has 7 nitrogen and oxygen atoms in total. The molecule has 3 heterocycles. The number of pyridine rings is 1. The summed E-state index contributed by atoms with van der Waals surface area (Å²) in [6.45, 7) is 0.704. The fraction of sp³-hybridized carbons (Fsp3) is 0.174. The van der Waals surface area contributed by atoms with Gasteiger partial charge in [0.2, 0.25) is 0 Å². The summed E-state index contributed by atoms with van der Waals surface area (Å²) in [5.41, 5.74) is 4.02. The molecule has 30 heavy (non-hydrogen) atoms. The summed E-state index contributed by atoms with van der Waals surface area (Å²) in [4.78, 5) is 30.5. The number of hydrogen-bond donors (Lipinski definition) is 1. The highest BCUT2D eigenvalue weighted by Crippen LogP contribution is 2.26. The molecule has 1 N–H and O–H groups in total. The molecule has 0 unspecified atom stereocenters. The molecular weight excluding hydrogens is 380 g/mol. The quantitative estimate of drug-likeness (QED) is 0.568. The van der Waals surface area contributed by atoms with Crippen LogP contribution < -0.4 is 5.69 Å². The van der Waals surface area contributed by atoms with Crippen molar-refractivity contribution in [2.75, 3.05) is 13.1 Å². The number of likely N-dealkylation sites (tertiary alicyclic amines) is 1. The first-order valence-electron chi connectivity index (χ1n) is 9.85. The van der Waals surface area contributed by atoms with Gasteiger partial charge in [0, 0.05) is 19.3 Å². The Bertz CT molecular complexity index is 1280. The maximum Gasteiger partial charge on any atom is 0.407 e. The molecule has 7 heteroatoms. The third-order valence-corrected chi connectivity index (χ3v) is 5.66. The highest BCUT2D eigenvalue weighted by atomic mass is 16.4. The summed E-state index contributed by atoms with van der Waals surface area (Å²) in [5, 5.41) is 9.28. The Morgan fingerprint density at radius 3 is 2.40 bits per heavy atom. The highest BCUT2D eigenvalue weighted by molar-refractivity contribution is 5.75. The van der Waals surface area contributed by atoms with Crippen molar-refractivity contribution in [1.29, 1.82) is 0 Å². The number of rotatable bonds is 3. The highest BCUT2D eigenvalue weighted by Gasteiger charge is 2.31. The van der Waals surface area contributed by atoms with Gasteiger partial charge in [0.25, 0.3) is 0 Å². The molecule has 2 aromatic carbocycles. The second-order valence-corrected chi connectivity index (χ2v) is 7.42. The van der Waals surface area contributed by atoms with Crippen molar-refractivity contribution < 1.29 is 9.90 Å². The van der Waals surface area contributed by atoms with E-state index in [1.807, 2.05) is 60.7 Å². The third-order valence-electron chi connectivity index (χ3n) is 5.66. The van der Waals surface area contributed by atoms with E-state index in [0.717, 1.165) is 16.8 Å².